The van der Waals surface area contributed by atoms with Gasteiger partial charge in [0.05, 0.1) is 11.3 Å². The minimum Gasteiger partial charge on any atom is -0.303 e. The van der Waals surface area contributed by atoms with E-state index in [1.165, 1.54) is 34.3 Å². The van der Waals surface area contributed by atoms with Crippen LogP contribution >= 0.6 is 11.3 Å². The number of aromatic nitrogens is 4. The zero-order valence-electron chi connectivity index (χ0n) is 14.7. The third-order valence-corrected chi connectivity index (χ3v) is 4.82. The van der Waals surface area contributed by atoms with Crippen LogP contribution in [0.5, 0.6) is 0 Å². The molecule has 0 aliphatic carbocycles. The fraction of sp³-hybridized carbons (Fsp3) is 0.111. The Hall–Kier alpha value is -3.34. The van der Waals surface area contributed by atoms with Crippen LogP contribution in [0.1, 0.15) is 20.9 Å². The quantitative estimate of drug-likeness (QED) is 0.492. The Balaban J connectivity index is 1.79. The van der Waals surface area contributed by atoms with Gasteiger partial charge in [-0.25, -0.2) is 19.3 Å². The Labute approximate surface area is 164 Å². The Morgan fingerprint density at radius 3 is 2.72 bits per heavy atom. The number of thiazole rings is 1. The maximum atomic E-state index is 13.4. The summed E-state index contributed by atoms with van der Waals surface area (Å²) in [6.07, 6.45) is 0.927. The second-order valence-corrected chi connectivity index (χ2v) is 7.29. The maximum absolute atomic E-state index is 13.4. The molecule has 6 nitrogen and oxygen atoms in total. The Morgan fingerprint density at radius 1 is 1.24 bits per heavy atom. The first-order valence-corrected chi connectivity index (χ1v) is 8.98. The number of hydrogen-bond acceptors (Lipinski definition) is 5. The lowest BCUT2D eigenvalue weighted by molar-refractivity contribution is -0.137. The molecule has 3 heterocycles. The number of carbonyl (C=O) groups excluding carboxylic acids is 1. The van der Waals surface area contributed by atoms with Crippen LogP contribution in [0.2, 0.25) is 0 Å². The first-order valence-electron chi connectivity index (χ1n) is 8.17. The molecular weight excluding hydrogens is 410 g/mol. The molecule has 0 aliphatic rings. The van der Waals surface area contributed by atoms with Crippen molar-refractivity contribution in [3.05, 3.63) is 64.9 Å². The Kier molecular flexibility index (Phi) is 4.53. The van der Waals surface area contributed by atoms with Gasteiger partial charge in [-0.1, -0.05) is 0 Å². The maximum Gasteiger partial charge on any atom is 0.417 e. The van der Waals surface area contributed by atoms with Crippen molar-refractivity contribution in [1.82, 2.24) is 19.4 Å². The van der Waals surface area contributed by atoms with Crippen molar-refractivity contribution in [2.45, 2.75) is 13.1 Å². The van der Waals surface area contributed by atoms with Crippen molar-refractivity contribution in [1.29, 1.82) is 0 Å². The van der Waals surface area contributed by atoms with Gasteiger partial charge in [0.15, 0.2) is 16.5 Å². The van der Waals surface area contributed by atoms with E-state index in [1.807, 2.05) is 6.92 Å². The molecule has 4 aromatic rings. The lowest BCUT2D eigenvalue weighted by Gasteiger charge is -2.11. The molecule has 29 heavy (non-hydrogen) atoms. The molecule has 1 amide bonds. The normalized spacial score (nSPS) is 11.8. The van der Waals surface area contributed by atoms with Gasteiger partial charge in [0.1, 0.15) is 5.82 Å². The molecule has 0 saturated carbocycles. The first kappa shape index (κ1) is 19.0. The number of fused-ring (bicyclic) bond motifs is 1. The summed E-state index contributed by atoms with van der Waals surface area (Å²) in [7, 11) is 0. The monoisotopic (exact) mass is 421 g/mol. The van der Waals surface area contributed by atoms with Crippen LogP contribution in [0, 0.1) is 12.7 Å². The SMILES string of the molecule is Cc1cnc(NC(=O)c2nccn3cc(-c4ccc(F)cc4C(F)(F)F)nc23)s1. The molecule has 0 saturated heterocycles. The van der Waals surface area contributed by atoms with Gasteiger partial charge in [-0.15, -0.1) is 11.3 Å². The van der Waals surface area contributed by atoms with Crippen LogP contribution in [0.3, 0.4) is 0 Å². The number of amides is 1. The number of halogens is 4. The minimum atomic E-state index is -4.77. The highest BCUT2D eigenvalue weighted by atomic mass is 32.1. The number of carbonyl (C=O) groups is 1. The molecule has 11 heteroatoms. The number of alkyl halides is 3. The fourth-order valence-electron chi connectivity index (χ4n) is 2.75. The minimum absolute atomic E-state index is 0.0609. The lowest BCUT2D eigenvalue weighted by atomic mass is 10.0. The van der Waals surface area contributed by atoms with E-state index in [0.717, 1.165) is 17.0 Å². The van der Waals surface area contributed by atoms with Crippen molar-refractivity contribution in [2.75, 3.05) is 5.32 Å². The summed E-state index contributed by atoms with van der Waals surface area (Å²) < 4.78 is 54.8. The van der Waals surface area contributed by atoms with Crippen molar-refractivity contribution in [2.24, 2.45) is 0 Å². The molecule has 148 valence electrons. The van der Waals surface area contributed by atoms with E-state index in [4.69, 9.17) is 0 Å². The van der Waals surface area contributed by atoms with Gasteiger partial charge in [-0.05, 0) is 25.1 Å². The van der Waals surface area contributed by atoms with Crippen molar-refractivity contribution in [3.8, 4) is 11.3 Å². The van der Waals surface area contributed by atoms with Gasteiger partial charge in [0.2, 0.25) is 0 Å². The summed E-state index contributed by atoms with van der Waals surface area (Å²) in [5, 5.41) is 2.95. The van der Waals surface area contributed by atoms with Crippen LogP contribution in [-0.2, 0) is 6.18 Å². The van der Waals surface area contributed by atoms with E-state index in [9.17, 15) is 22.4 Å². The molecule has 0 bridgehead atoms. The molecule has 0 unspecified atom stereocenters. The number of rotatable bonds is 3. The summed E-state index contributed by atoms with van der Waals surface area (Å²) in [6, 6.07) is 2.34. The third kappa shape index (κ3) is 3.68. The van der Waals surface area contributed by atoms with Gasteiger partial charge < -0.3 is 4.40 Å². The smallest absolute Gasteiger partial charge is 0.303 e. The molecule has 3 aromatic heterocycles. The average molecular weight is 421 g/mol. The van der Waals surface area contributed by atoms with E-state index in [2.05, 4.69) is 20.3 Å². The van der Waals surface area contributed by atoms with Crippen LogP contribution in [0.25, 0.3) is 16.9 Å². The average Bonchev–Trinajstić information content (AvgIpc) is 3.26. The predicted octanol–water partition coefficient (Wildman–Crippen LogP) is 4.57. The van der Waals surface area contributed by atoms with Gasteiger partial charge in [-0.2, -0.15) is 13.2 Å². The summed E-state index contributed by atoms with van der Waals surface area (Å²) >= 11 is 1.27. The molecule has 0 atom stereocenters. The highest BCUT2D eigenvalue weighted by molar-refractivity contribution is 7.15. The summed E-state index contributed by atoms with van der Waals surface area (Å²) in [5.41, 5.74) is -1.54. The summed E-state index contributed by atoms with van der Waals surface area (Å²) in [4.78, 5) is 25.6. The number of anilines is 1. The van der Waals surface area contributed by atoms with Crippen LogP contribution < -0.4 is 5.32 Å². The van der Waals surface area contributed by atoms with Gasteiger partial charge in [0, 0.05) is 35.2 Å². The number of imidazole rings is 1. The number of hydrogen-bond donors (Lipinski definition) is 1. The number of nitrogens with zero attached hydrogens (tertiary/aromatic N) is 4. The number of nitrogens with one attached hydrogen (secondary N) is 1. The second kappa shape index (κ2) is 6.92. The van der Waals surface area contributed by atoms with E-state index in [-0.39, 0.29) is 22.6 Å². The molecule has 1 N–H and O–H groups in total. The lowest BCUT2D eigenvalue weighted by Crippen LogP contribution is -2.15. The highest BCUT2D eigenvalue weighted by Gasteiger charge is 2.35. The van der Waals surface area contributed by atoms with Crippen LogP contribution in [0.15, 0.2) is 43.0 Å². The predicted molar refractivity (Wildman–Crippen MR) is 98.2 cm³/mol. The first-order chi connectivity index (χ1) is 13.7. The second-order valence-electron chi connectivity index (χ2n) is 6.05. The summed E-state index contributed by atoms with van der Waals surface area (Å²) in [6.45, 7) is 1.83. The topological polar surface area (TPSA) is 72.2 Å². The van der Waals surface area contributed by atoms with E-state index in [0.29, 0.717) is 11.2 Å². The largest absolute Gasteiger partial charge is 0.417 e. The van der Waals surface area contributed by atoms with E-state index >= 15 is 0 Å². The highest BCUT2D eigenvalue weighted by Crippen LogP contribution is 2.37. The zero-order chi connectivity index (χ0) is 20.8. The molecule has 0 fully saturated rings. The Bertz CT molecular complexity index is 1230. The molecule has 1 aromatic carbocycles. The molecule has 0 aliphatic heterocycles. The van der Waals surface area contributed by atoms with Gasteiger partial charge in [0.25, 0.3) is 5.91 Å². The third-order valence-electron chi connectivity index (χ3n) is 3.99. The van der Waals surface area contributed by atoms with Crippen molar-refractivity contribution < 1.29 is 22.4 Å². The van der Waals surface area contributed by atoms with Crippen molar-refractivity contribution >= 4 is 28.0 Å². The van der Waals surface area contributed by atoms with Crippen molar-refractivity contribution in [3.63, 3.8) is 0 Å². The zero-order valence-corrected chi connectivity index (χ0v) is 15.5. The molecule has 0 radical (unpaired) electrons. The van der Waals surface area contributed by atoms with Crippen LogP contribution in [0.4, 0.5) is 22.7 Å². The van der Waals surface area contributed by atoms with E-state index in [1.54, 1.807) is 6.20 Å². The van der Waals surface area contributed by atoms with Gasteiger partial charge >= 0.3 is 6.18 Å². The van der Waals surface area contributed by atoms with Gasteiger partial charge in [-0.3, -0.25) is 10.1 Å². The van der Waals surface area contributed by atoms with Crippen LogP contribution in [-0.4, -0.2) is 25.3 Å². The molecule has 4 rings (SSSR count). The molecule has 0 spiro atoms. The standard InChI is InChI=1S/C18H11F4N5OS/c1-9-7-24-17(29-9)26-16(28)14-15-25-13(8-27(15)5-4-23-14)11-3-2-10(19)6-12(11)18(20,21)22/h2-8H,1H3,(H,24,26,28). The molecular formula is C18H11F4N5OS. The fourth-order valence-corrected chi connectivity index (χ4v) is 3.41. The number of aryl methyl sites for hydroxylation is 1. The summed E-state index contributed by atoms with van der Waals surface area (Å²) in [5.74, 6) is -1.61. The number of benzene rings is 1. The van der Waals surface area contributed by atoms with E-state index < -0.39 is 23.5 Å². The Morgan fingerprint density at radius 2 is 2.03 bits per heavy atom.